The number of rotatable bonds is 5. The molecule has 1 saturated heterocycles. The van der Waals surface area contributed by atoms with Gasteiger partial charge < -0.3 is 10.5 Å². The minimum Gasteiger partial charge on any atom is -0.378 e. The molecule has 0 spiro atoms. The molecule has 3 heteroatoms. The highest BCUT2D eigenvalue weighted by atomic mass is 16.5. The minimum atomic E-state index is 0.407. The Balaban J connectivity index is 1.56. The number of nitrogens with two attached hydrogens (primary N) is 1. The average Bonchev–Trinajstić information content (AvgIpc) is 3.00. The lowest BCUT2D eigenvalue weighted by molar-refractivity contribution is 0.0951. The molecule has 2 atom stereocenters. The predicted molar refractivity (Wildman–Crippen MR) is 81.7 cm³/mol. The van der Waals surface area contributed by atoms with E-state index in [0.29, 0.717) is 12.1 Å². The molecule has 20 heavy (non-hydrogen) atoms. The van der Waals surface area contributed by atoms with E-state index in [0.717, 1.165) is 32.7 Å². The standard InChI is InChI=1S/C17H26N2O/c18-13-17-16-8-2-1-5-14(16)9-11-19(17)10-3-6-15-7-4-12-20-15/h1-2,5,8,15,17H,3-4,6-7,9-13,18H2. The van der Waals surface area contributed by atoms with Gasteiger partial charge in [0.05, 0.1) is 6.10 Å². The first-order valence-corrected chi connectivity index (χ1v) is 8.02. The molecule has 3 rings (SSSR count). The van der Waals surface area contributed by atoms with Crippen LogP contribution in [0.2, 0.25) is 0 Å². The summed E-state index contributed by atoms with van der Waals surface area (Å²) < 4.78 is 5.71. The van der Waals surface area contributed by atoms with E-state index in [1.807, 2.05) is 0 Å². The first-order chi connectivity index (χ1) is 9.88. The quantitative estimate of drug-likeness (QED) is 0.896. The van der Waals surface area contributed by atoms with Crippen molar-refractivity contribution in [3.8, 4) is 0 Å². The van der Waals surface area contributed by atoms with Crippen molar-refractivity contribution in [3.63, 3.8) is 0 Å². The molecule has 0 aromatic heterocycles. The Hall–Kier alpha value is -0.900. The van der Waals surface area contributed by atoms with Crippen molar-refractivity contribution in [2.75, 3.05) is 26.2 Å². The fraction of sp³-hybridized carbons (Fsp3) is 0.647. The Bertz CT molecular complexity index is 429. The molecule has 0 bridgehead atoms. The minimum absolute atomic E-state index is 0.407. The number of ether oxygens (including phenoxy) is 1. The van der Waals surface area contributed by atoms with Crippen molar-refractivity contribution >= 4 is 0 Å². The zero-order valence-electron chi connectivity index (χ0n) is 12.3. The van der Waals surface area contributed by atoms with Gasteiger partial charge in [0, 0.05) is 25.7 Å². The average molecular weight is 274 g/mol. The second kappa shape index (κ2) is 6.70. The predicted octanol–water partition coefficient (Wildman–Crippen LogP) is 2.50. The molecule has 1 aromatic carbocycles. The molecule has 2 heterocycles. The van der Waals surface area contributed by atoms with Crippen molar-refractivity contribution in [1.29, 1.82) is 0 Å². The van der Waals surface area contributed by atoms with Crippen LogP contribution in [0.15, 0.2) is 24.3 Å². The topological polar surface area (TPSA) is 38.5 Å². The van der Waals surface area contributed by atoms with Gasteiger partial charge in [0.2, 0.25) is 0 Å². The van der Waals surface area contributed by atoms with Gasteiger partial charge in [0.25, 0.3) is 0 Å². The summed E-state index contributed by atoms with van der Waals surface area (Å²) in [5.74, 6) is 0. The smallest absolute Gasteiger partial charge is 0.0576 e. The lowest BCUT2D eigenvalue weighted by Crippen LogP contribution is -2.40. The Morgan fingerprint density at radius 1 is 1.30 bits per heavy atom. The third kappa shape index (κ3) is 3.05. The van der Waals surface area contributed by atoms with E-state index in [1.165, 1.54) is 36.8 Å². The monoisotopic (exact) mass is 274 g/mol. The van der Waals surface area contributed by atoms with Crippen molar-refractivity contribution in [2.45, 2.75) is 44.2 Å². The molecule has 0 amide bonds. The maximum absolute atomic E-state index is 6.04. The molecular formula is C17H26N2O. The molecule has 2 aliphatic rings. The zero-order chi connectivity index (χ0) is 13.8. The number of benzene rings is 1. The fourth-order valence-electron chi connectivity index (χ4n) is 3.64. The summed E-state index contributed by atoms with van der Waals surface area (Å²) in [7, 11) is 0. The van der Waals surface area contributed by atoms with Crippen LogP contribution >= 0.6 is 0 Å². The summed E-state index contributed by atoms with van der Waals surface area (Å²) in [5.41, 5.74) is 8.96. The van der Waals surface area contributed by atoms with Crippen LogP contribution in [0.5, 0.6) is 0 Å². The highest BCUT2D eigenvalue weighted by Crippen LogP contribution is 2.29. The lowest BCUT2D eigenvalue weighted by Gasteiger charge is -2.37. The largest absolute Gasteiger partial charge is 0.378 e. The molecule has 0 radical (unpaired) electrons. The van der Waals surface area contributed by atoms with Crippen LogP contribution in [0.1, 0.15) is 42.9 Å². The first-order valence-electron chi connectivity index (χ1n) is 8.02. The van der Waals surface area contributed by atoms with Gasteiger partial charge in [-0.2, -0.15) is 0 Å². The molecule has 2 aliphatic heterocycles. The van der Waals surface area contributed by atoms with Crippen LogP contribution in [0, 0.1) is 0 Å². The van der Waals surface area contributed by atoms with Crippen molar-refractivity contribution < 1.29 is 4.74 Å². The van der Waals surface area contributed by atoms with E-state index in [4.69, 9.17) is 10.5 Å². The highest BCUT2D eigenvalue weighted by Gasteiger charge is 2.25. The van der Waals surface area contributed by atoms with Gasteiger partial charge >= 0.3 is 0 Å². The third-order valence-electron chi connectivity index (χ3n) is 4.74. The van der Waals surface area contributed by atoms with Gasteiger partial charge in [-0.25, -0.2) is 0 Å². The van der Waals surface area contributed by atoms with Crippen LogP contribution in [0.4, 0.5) is 0 Å². The summed E-state index contributed by atoms with van der Waals surface area (Å²) >= 11 is 0. The van der Waals surface area contributed by atoms with E-state index < -0.39 is 0 Å². The number of hydrogen-bond donors (Lipinski definition) is 1. The Morgan fingerprint density at radius 2 is 2.20 bits per heavy atom. The molecule has 1 aromatic rings. The van der Waals surface area contributed by atoms with E-state index in [2.05, 4.69) is 29.2 Å². The Morgan fingerprint density at radius 3 is 3.00 bits per heavy atom. The molecule has 1 fully saturated rings. The summed E-state index contributed by atoms with van der Waals surface area (Å²) in [6.07, 6.45) is 6.60. The van der Waals surface area contributed by atoms with Crippen LogP contribution in [-0.4, -0.2) is 37.2 Å². The van der Waals surface area contributed by atoms with Crippen LogP contribution in [-0.2, 0) is 11.2 Å². The molecule has 3 nitrogen and oxygen atoms in total. The fourth-order valence-corrected chi connectivity index (χ4v) is 3.64. The van der Waals surface area contributed by atoms with Gasteiger partial charge in [-0.3, -0.25) is 4.90 Å². The highest BCUT2D eigenvalue weighted by molar-refractivity contribution is 5.32. The van der Waals surface area contributed by atoms with E-state index >= 15 is 0 Å². The SMILES string of the molecule is NCC1c2ccccc2CCN1CCCC1CCCO1. The maximum atomic E-state index is 6.04. The normalized spacial score (nSPS) is 26.6. The summed E-state index contributed by atoms with van der Waals surface area (Å²) in [5, 5.41) is 0. The van der Waals surface area contributed by atoms with Crippen molar-refractivity contribution in [2.24, 2.45) is 5.73 Å². The Kier molecular flexibility index (Phi) is 4.71. The van der Waals surface area contributed by atoms with Gasteiger partial charge in [-0.1, -0.05) is 24.3 Å². The van der Waals surface area contributed by atoms with Gasteiger partial charge in [-0.15, -0.1) is 0 Å². The molecule has 0 aliphatic carbocycles. The van der Waals surface area contributed by atoms with E-state index in [9.17, 15) is 0 Å². The summed E-state index contributed by atoms with van der Waals surface area (Å²) in [6.45, 7) is 3.98. The van der Waals surface area contributed by atoms with Crippen LogP contribution in [0.3, 0.4) is 0 Å². The number of nitrogens with zero attached hydrogens (tertiary/aromatic N) is 1. The number of hydrogen-bond acceptors (Lipinski definition) is 3. The molecule has 2 unspecified atom stereocenters. The van der Waals surface area contributed by atoms with E-state index in [-0.39, 0.29) is 0 Å². The van der Waals surface area contributed by atoms with Gasteiger partial charge in [-0.05, 0) is 49.8 Å². The number of fused-ring (bicyclic) bond motifs is 1. The van der Waals surface area contributed by atoms with Gasteiger partial charge in [0.15, 0.2) is 0 Å². The second-order valence-electron chi connectivity index (χ2n) is 6.01. The second-order valence-corrected chi connectivity index (χ2v) is 6.01. The lowest BCUT2D eigenvalue weighted by atomic mass is 9.92. The molecule has 2 N–H and O–H groups in total. The summed E-state index contributed by atoms with van der Waals surface area (Å²) in [4.78, 5) is 2.57. The Labute approximate surface area is 122 Å². The molecule has 110 valence electrons. The molecule has 0 saturated carbocycles. The van der Waals surface area contributed by atoms with Crippen LogP contribution < -0.4 is 5.73 Å². The zero-order valence-corrected chi connectivity index (χ0v) is 12.3. The van der Waals surface area contributed by atoms with Gasteiger partial charge in [0.1, 0.15) is 0 Å². The third-order valence-corrected chi connectivity index (χ3v) is 4.74. The van der Waals surface area contributed by atoms with E-state index in [1.54, 1.807) is 0 Å². The van der Waals surface area contributed by atoms with Crippen LogP contribution in [0.25, 0.3) is 0 Å². The maximum Gasteiger partial charge on any atom is 0.0576 e. The molecular weight excluding hydrogens is 248 g/mol. The van der Waals surface area contributed by atoms with Crippen molar-refractivity contribution in [1.82, 2.24) is 4.90 Å². The first kappa shape index (κ1) is 14.1. The summed E-state index contributed by atoms with van der Waals surface area (Å²) in [6, 6.07) is 9.18. The van der Waals surface area contributed by atoms with Crippen molar-refractivity contribution in [3.05, 3.63) is 35.4 Å².